The molecule has 0 fully saturated rings. The molecule has 0 saturated carbocycles. The molecule has 5 heteroatoms. The summed E-state index contributed by atoms with van der Waals surface area (Å²) in [5, 5.41) is 2.70. The molecule has 0 spiro atoms. The lowest BCUT2D eigenvalue weighted by Gasteiger charge is -2.11. The molecule has 0 radical (unpaired) electrons. The van der Waals surface area contributed by atoms with Crippen LogP contribution in [0.4, 0.5) is 11.4 Å². The number of rotatable bonds is 5. The Morgan fingerprint density at radius 2 is 2.12 bits per heavy atom. The largest absolute Gasteiger partial charge is 0.397 e. The Morgan fingerprint density at radius 3 is 2.71 bits per heavy atom. The number of hydrogen-bond acceptors (Lipinski definition) is 3. The zero-order valence-corrected chi connectivity index (χ0v) is 10.9. The highest BCUT2D eigenvalue weighted by atomic mass is 35.5. The third kappa shape index (κ3) is 5.56. The minimum Gasteiger partial charge on any atom is -0.397 e. The van der Waals surface area contributed by atoms with E-state index in [9.17, 15) is 4.79 Å². The Labute approximate surface area is 108 Å². The molecule has 0 aromatic heterocycles. The van der Waals surface area contributed by atoms with Crippen molar-refractivity contribution in [3.05, 3.63) is 24.3 Å². The molecular formula is C12H19ClN2O2. The summed E-state index contributed by atoms with van der Waals surface area (Å²) in [6.45, 7) is 4.01. The average molecular weight is 259 g/mol. The van der Waals surface area contributed by atoms with Gasteiger partial charge in [-0.1, -0.05) is 19.1 Å². The van der Waals surface area contributed by atoms with Crippen molar-refractivity contribution >= 4 is 29.7 Å². The number of benzene rings is 1. The molecule has 17 heavy (non-hydrogen) atoms. The molecule has 1 rings (SSSR count). The van der Waals surface area contributed by atoms with Crippen molar-refractivity contribution in [3.63, 3.8) is 0 Å². The van der Waals surface area contributed by atoms with Gasteiger partial charge in [-0.15, -0.1) is 12.4 Å². The highest BCUT2D eigenvalue weighted by Gasteiger charge is 2.06. The van der Waals surface area contributed by atoms with Crippen molar-refractivity contribution in [2.75, 3.05) is 17.7 Å². The number of para-hydroxylation sites is 2. The van der Waals surface area contributed by atoms with Crippen LogP contribution in [0.25, 0.3) is 0 Å². The van der Waals surface area contributed by atoms with E-state index in [0.29, 0.717) is 11.4 Å². The van der Waals surface area contributed by atoms with Gasteiger partial charge in [-0.2, -0.15) is 0 Å². The number of amides is 1. The maximum absolute atomic E-state index is 11.5. The van der Waals surface area contributed by atoms with Crippen LogP contribution >= 0.6 is 12.4 Å². The van der Waals surface area contributed by atoms with Crippen molar-refractivity contribution in [2.45, 2.75) is 26.4 Å². The predicted molar refractivity (Wildman–Crippen MR) is 72.4 cm³/mol. The maximum Gasteiger partial charge on any atom is 0.250 e. The normalized spacial score (nSPS) is 11.4. The smallest absolute Gasteiger partial charge is 0.250 e. The van der Waals surface area contributed by atoms with E-state index in [4.69, 9.17) is 10.5 Å². The van der Waals surface area contributed by atoms with Crippen LogP contribution in [-0.4, -0.2) is 18.6 Å². The summed E-state index contributed by atoms with van der Waals surface area (Å²) in [6.07, 6.45) is 0.986. The molecule has 0 heterocycles. The first-order valence-electron chi connectivity index (χ1n) is 5.39. The van der Waals surface area contributed by atoms with E-state index < -0.39 is 0 Å². The third-order valence-corrected chi connectivity index (χ3v) is 2.31. The van der Waals surface area contributed by atoms with Gasteiger partial charge in [0.25, 0.3) is 0 Å². The molecule has 1 aromatic carbocycles. The van der Waals surface area contributed by atoms with E-state index in [1.165, 1.54) is 0 Å². The zero-order chi connectivity index (χ0) is 12.0. The number of anilines is 2. The fourth-order valence-electron chi connectivity index (χ4n) is 1.13. The summed E-state index contributed by atoms with van der Waals surface area (Å²) in [7, 11) is 0. The summed E-state index contributed by atoms with van der Waals surface area (Å²) in [6, 6.07) is 7.14. The molecule has 4 nitrogen and oxygen atoms in total. The topological polar surface area (TPSA) is 64.3 Å². The van der Waals surface area contributed by atoms with Gasteiger partial charge in [-0.25, -0.2) is 0 Å². The Morgan fingerprint density at radius 1 is 1.47 bits per heavy atom. The van der Waals surface area contributed by atoms with E-state index in [-0.39, 0.29) is 31.0 Å². The van der Waals surface area contributed by atoms with E-state index in [1.54, 1.807) is 12.1 Å². The Kier molecular flexibility index (Phi) is 7.34. The number of nitrogens with one attached hydrogen (secondary N) is 1. The second-order valence-corrected chi connectivity index (χ2v) is 3.67. The van der Waals surface area contributed by atoms with Crippen LogP contribution in [0.1, 0.15) is 20.3 Å². The highest BCUT2D eigenvalue weighted by molar-refractivity contribution is 5.94. The van der Waals surface area contributed by atoms with Crippen LogP contribution in [0.5, 0.6) is 0 Å². The quantitative estimate of drug-likeness (QED) is 0.798. The fraction of sp³-hybridized carbons (Fsp3) is 0.417. The van der Waals surface area contributed by atoms with Gasteiger partial charge in [0.05, 0.1) is 17.5 Å². The van der Waals surface area contributed by atoms with Crippen molar-refractivity contribution in [1.29, 1.82) is 0 Å². The molecule has 96 valence electrons. The number of nitrogens with two attached hydrogens (primary N) is 1. The lowest BCUT2D eigenvalue weighted by Crippen LogP contribution is -2.22. The molecule has 0 saturated heterocycles. The molecule has 0 aliphatic rings. The number of halogens is 1. The first kappa shape index (κ1) is 15.7. The van der Waals surface area contributed by atoms with Crippen LogP contribution in [-0.2, 0) is 9.53 Å². The molecule has 0 aliphatic carbocycles. The van der Waals surface area contributed by atoms with E-state index >= 15 is 0 Å². The Bertz CT molecular complexity index is 358. The van der Waals surface area contributed by atoms with Crippen LogP contribution in [0.3, 0.4) is 0 Å². The van der Waals surface area contributed by atoms with Crippen molar-refractivity contribution in [2.24, 2.45) is 0 Å². The predicted octanol–water partition coefficient (Wildman–Crippen LogP) is 2.44. The monoisotopic (exact) mass is 258 g/mol. The number of hydrogen-bond donors (Lipinski definition) is 2. The van der Waals surface area contributed by atoms with E-state index in [0.717, 1.165) is 6.42 Å². The van der Waals surface area contributed by atoms with Gasteiger partial charge < -0.3 is 15.8 Å². The molecule has 1 aromatic rings. The second-order valence-electron chi connectivity index (χ2n) is 3.67. The first-order chi connectivity index (χ1) is 7.63. The fourth-order valence-corrected chi connectivity index (χ4v) is 1.13. The van der Waals surface area contributed by atoms with E-state index in [1.807, 2.05) is 26.0 Å². The van der Waals surface area contributed by atoms with Crippen molar-refractivity contribution in [3.8, 4) is 0 Å². The maximum atomic E-state index is 11.5. The molecular weight excluding hydrogens is 240 g/mol. The second kappa shape index (κ2) is 7.92. The number of carbonyl (C=O) groups excluding carboxylic acids is 1. The summed E-state index contributed by atoms with van der Waals surface area (Å²) < 4.78 is 5.31. The average Bonchev–Trinajstić information content (AvgIpc) is 2.29. The Balaban J connectivity index is 0.00000256. The van der Waals surface area contributed by atoms with Gasteiger partial charge in [-0.05, 0) is 25.5 Å². The SMILES string of the molecule is CCC(C)OCC(=O)Nc1ccccc1N.Cl. The minimum atomic E-state index is -0.182. The third-order valence-electron chi connectivity index (χ3n) is 2.31. The highest BCUT2D eigenvalue weighted by Crippen LogP contribution is 2.16. The molecule has 0 bridgehead atoms. The number of ether oxygens (including phenoxy) is 1. The molecule has 1 amide bonds. The van der Waals surface area contributed by atoms with Crippen LogP contribution in [0.2, 0.25) is 0 Å². The van der Waals surface area contributed by atoms with Crippen molar-refractivity contribution in [1.82, 2.24) is 0 Å². The van der Waals surface area contributed by atoms with Gasteiger partial charge in [0, 0.05) is 0 Å². The lowest BCUT2D eigenvalue weighted by molar-refractivity contribution is -0.122. The number of nitrogen functional groups attached to an aromatic ring is 1. The van der Waals surface area contributed by atoms with E-state index in [2.05, 4.69) is 5.32 Å². The Hall–Kier alpha value is -1.26. The first-order valence-corrected chi connectivity index (χ1v) is 5.39. The minimum absolute atomic E-state index is 0. The van der Waals surface area contributed by atoms with Crippen LogP contribution in [0.15, 0.2) is 24.3 Å². The molecule has 1 unspecified atom stereocenters. The number of carbonyl (C=O) groups is 1. The van der Waals surface area contributed by atoms with Gasteiger partial charge in [0.2, 0.25) is 5.91 Å². The zero-order valence-electron chi connectivity index (χ0n) is 10.1. The standard InChI is InChI=1S/C12H18N2O2.ClH/c1-3-9(2)16-8-12(15)14-11-7-5-4-6-10(11)13;/h4-7,9H,3,8,13H2,1-2H3,(H,14,15);1H. The van der Waals surface area contributed by atoms with Gasteiger partial charge in [0.1, 0.15) is 6.61 Å². The summed E-state index contributed by atoms with van der Waals surface area (Å²) in [5.41, 5.74) is 6.88. The summed E-state index contributed by atoms with van der Waals surface area (Å²) >= 11 is 0. The summed E-state index contributed by atoms with van der Waals surface area (Å²) in [5.74, 6) is -0.182. The lowest BCUT2D eigenvalue weighted by atomic mass is 10.2. The van der Waals surface area contributed by atoms with Gasteiger partial charge >= 0.3 is 0 Å². The molecule has 0 aliphatic heterocycles. The van der Waals surface area contributed by atoms with Gasteiger partial charge in [-0.3, -0.25) is 4.79 Å². The van der Waals surface area contributed by atoms with Crippen LogP contribution < -0.4 is 11.1 Å². The van der Waals surface area contributed by atoms with Crippen LogP contribution in [0, 0.1) is 0 Å². The van der Waals surface area contributed by atoms with Gasteiger partial charge in [0.15, 0.2) is 0 Å². The van der Waals surface area contributed by atoms with Crippen molar-refractivity contribution < 1.29 is 9.53 Å². The molecule has 1 atom stereocenters. The summed E-state index contributed by atoms with van der Waals surface area (Å²) in [4.78, 5) is 11.5. The molecule has 3 N–H and O–H groups in total.